The average molecular weight is 203 g/mol. The van der Waals surface area contributed by atoms with Crippen molar-refractivity contribution in [3.05, 3.63) is 29.1 Å². The Morgan fingerprint density at radius 2 is 1.77 bits per heavy atom. The van der Waals surface area contributed by atoms with Crippen molar-refractivity contribution < 1.29 is 12.8 Å². The highest BCUT2D eigenvalue weighted by molar-refractivity contribution is 7.89. The molecule has 0 heterocycles. The summed E-state index contributed by atoms with van der Waals surface area (Å²) in [6.07, 6.45) is 0. The van der Waals surface area contributed by atoms with Crippen molar-refractivity contribution >= 4 is 10.0 Å². The molecule has 2 N–H and O–H groups in total. The Hall–Kier alpha value is -0.940. The molecule has 13 heavy (non-hydrogen) atoms. The van der Waals surface area contributed by atoms with Crippen LogP contribution in [-0.2, 0) is 10.0 Å². The summed E-state index contributed by atoms with van der Waals surface area (Å²) in [5, 5.41) is 4.93. The number of sulfonamides is 1. The van der Waals surface area contributed by atoms with Crippen LogP contribution < -0.4 is 5.14 Å². The van der Waals surface area contributed by atoms with Gasteiger partial charge in [-0.3, -0.25) is 0 Å². The van der Waals surface area contributed by atoms with Crippen LogP contribution in [0.1, 0.15) is 11.1 Å². The van der Waals surface area contributed by atoms with E-state index in [1.807, 2.05) is 0 Å². The van der Waals surface area contributed by atoms with Crippen LogP contribution in [0.4, 0.5) is 4.39 Å². The molecule has 0 amide bonds. The standard InChI is InChI=1S/C8H10FNO2S/c1-5-4-8(13(10,11)12)6(2)3-7(5)9/h3-4H,1-2H3,(H2,10,11,12). The minimum Gasteiger partial charge on any atom is -0.225 e. The first-order valence-corrected chi connectivity index (χ1v) is 5.16. The second kappa shape index (κ2) is 3.08. The molecular weight excluding hydrogens is 193 g/mol. The average Bonchev–Trinajstić information content (AvgIpc) is 1.94. The number of primary sulfonamides is 1. The van der Waals surface area contributed by atoms with Crippen LogP contribution in [0.3, 0.4) is 0 Å². The molecule has 3 nitrogen and oxygen atoms in total. The summed E-state index contributed by atoms with van der Waals surface area (Å²) in [7, 11) is -3.74. The fourth-order valence-electron chi connectivity index (χ4n) is 1.06. The minimum atomic E-state index is -3.74. The van der Waals surface area contributed by atoms with Gasteiger partial charge in [-0.15, -0.1) is 0 Å². The maximum Gasteiger partial charge on any atom is 0.238 e. The van der Waals surface area contributed by atoms with Gasteiger partial charge in [0, 0.05) is 0 Å². The molecule has 0 saturated carbocycles. The third-order valence-corrected chi connectivity index (χ3v) is 2.82. The van der Waals surface area contributed by atoms with Gasteiger partial charge in [0.1, 0.15) is 5.82 Å². The van der Waals surface area contributed by atoms with Gasteiger partial charge in [-0.25, -0.2) is 17.9 Å². The van der Waals surface area contributed by atoms with Crippen molar-refractivity contribution in [2.24, 2.45) is 5.14 Å². The van der Waals surface area contributed by atoms with Gasteiger partial charge in [0.25, 0.3) is 0 Å². The molecule has 0 fully saturated rings. The molecular formula is C8H10FNO2S. The predicted molar refractivity (Wildman–Crippen MR) is 47.2 cm³/mol. The maximum absolute atomic E-state index is 12.9. The quantitative estimate of drug-likeness (QED) is 0.742. The van der Waals surface area contributed by atoms with E-state index in [2.05, 4.69) is 0 Å². The van der Waals surface area contributed by atoms with E-state index in [0.29, 0.717) is 5.56 Å². The molecule has 0 spiro atoms. The second-order valence-electron chi connectivity index (χ2n) is 2.91. The fraction of sp³-hybridized carbons (Fsp3) is 0.250. The normalized spacial score (nSPS) is 11.7. The van der Waals surface area contributed by atoms with Gasteiger partial charge in [-0.1, -0.05) is 0 Å². The molecule has 0 aliphatic heterocycles. The lowest BCUT2D eigenvalue weighted by atomic mass is 10.1. The topological polar surface area (TPSA) is 60.2 Å². The summed E-state index contributed by atoms with van der Waals surface area (Å²) in [4.78, 5) is -0.0219. The van der Waals surface area contributed by atoms with E-state index in [9.17, 15) is 12.8 Å². The minimum absolute atomic E-state index is 0.0219. The van der Waals surface area contributed by atoms with Gasteiger partial charge >= 0.3 is 0 Å². The van der Waals surface area contributed by atoms with Crippen LogP contribution in [0.15, 0.2) is 17.0 Å². The van der Waals surface area contributed by atoms with Crippen LogP contribution in [0, 0.1) is 19.7 Å². The van der Waals surface area contributed by atoms with E-state index in [0.717, 1.165) is 6.07 Å². The number of aryl methyl sites for hydroxylation is 2. The molecule has 1 aromatic carbocycles. The monoisotopic (exact) mass is 203 g/mol. The number of hydrogen-bond acceptors (Lipinski definition) is 2. The molecule has 0 radical (unpaired) electrons. The fourth-order valence-corrected chi connectivity index (χ4v) is 1.91. The summed E-state index contributed by atoms with van der Waals surface area (Å²) in [5.41, 5.74) is 0.597. The van der Waals surface area contributed by atoms with Gasteiger partial charge in [0.05, 0.1) is 4.90 Å². The molecule has 0 saturated heterocycles. The molecule has 0 unspecified atom stereocenters. The van der Waals surface area contributed by atoms with E-state index >= 15 is 0 Å². The molecule has 1 aromatic rings. The summed E-state index contributed by atoms with van der Waals surface area (Å²) in [6, 6.07) is 2.40. The van der Waals surface area contributed by atoms with Gasteiger partial charge in [-0.05, 0) is 37.1 Å². The highest BCUT2D eigenvalue weighted by atomic mass is 32.2. The van der Waals surface area contributed by atoms with Crippen LogP contribution in [-0.4, -0.2) is 8.42 Å². The third-order valence-electron chi connectivity index (χ3n) is 1.76. The van der Waals surface area contributed by atoms with Crippen molar-refractivity contribution in [1.29, 1.82) is 0 Å². The lowest BCUT2D eigenvalue weighted by Crippen LogP contribution is -2.14. The zero-order chi connectivity index (χ0) is 10.2. The second-order valence-corrected chi connectivity index (χ2v) is 4.44. The van der Waals surface area contributed by atoms with Gasteiger partial charge in [0.15, 0.2) is 0 Å². The van der Waals surface area contributed by atoms with E-state index in [1.165, 1.54) is 19.9 Å². The van der Waals surface area contributed by atoms with Crippen LogP contribution in [0.25, 0.3) is 0 Å². The highest BCUT2D eigenvalue weighted by Gasteiger charge is 2.13. The van der Waals surface area contributed by atoms with E-state index in [-0.39, 0.29) is 10.5 Å². The molecule has 0 aliphatic carbocycles. The number of benzene rings is 1. The van der Waals surface area contributed by atoms with Gasteiger partial charge in [-0.2, -0.15) is 0 Å². The SMILES string of the molecule is Cc1cc(S(N)(=O)=O)c(C)cc1F. The largest absolute Gasteiger partial charge is 0.238 e. The first-order valence-electron chi connectivity index (χ1n) is 3.62. The first-order chi connectivity index (χ1) is 5.82. The first kappa shape index (κ1) is 10.1. The summed E-state index contributed by atoms with van der Waals surface area (Å²) in [6.45, 7) is 2.99. The van der Waals surface area contributed by atoms with E-state index in [1.54, 1.807) is 0 Å². The smallest absolute Gasteiger partial charge is 0.225 e. The maximum atomic E-state index is 12.9. The molecule has 0 aliphatic rings. The Labute approximate surface area is 76.4 Å². The summed E-state index contributed by atoms with van der Waals surface area (Å²) in [5.74, 6) is -0.426. The van der Waals surface area contributed by atoms with Crippen molar-refractivity contribution in [2.45, 2.75) is 18.7 Å². The lowest BCUT2D eigenvalue weighted by molar-refractivity contribution is 0.594. The number of halogens is 1. The number of hydrogen-bond donors (Lipinski definition) is 1. The lowest BCUT2D eigenvalue weighted by Gasteiger charge is -2.05. The highest BCUT2D eigenvalue weighted by Crippen LogP contribution is 2.17. The zero-order valence-electron chi connectivity index (χ0n) is 7.33. The molecule has 0 atom stereocenters. The van der Waals surface area contributed by atoms with E-state index < -0.39 is 15.8 Å². The Balaban J connectivity index is 3.50. The molecule has 0 aromatic heterocycles. The zero-order valence-corrected chi connectivity index (χ0v) is 8.15. The molecule has 5 heteroatoms. The van der Waals surface area contributed by atoms with Crippen molar-refractivity contribution in [3.63, 3.8) is 0 Å². The Morgan fingerprint density at radius 1 is 1.23 bits per heavy atom. The summed E-state index contributed by atoms with van der Waals surface area (Å²) >= 11 is 0. The molecule has 0 bridgehead atoms. The summed E-state index contributed by atoms with van der Waals surface area (Å²) < 4.78 is 34.9. The molecule has 72 valence electrons. The predicted octanol–water partition coefficient (Wildman–Crippen LogP) is 1.09. The molecule has 1 rings (SSSR count). The van der Waals surface area contributed by atoms with Crippen molar-refractivity contribution in [3.8, 4) is 0 Å². The Morgan fingerprint density at radius 3 is 2.23 bits per heavy atom. The van der Waals surface area contributed by atoms with E-state index in [4.69, 9.17) is 5.14 Å². The van der Waals surface area contributed by atoms with Gasteiger partial charge < -0.3 is 0 Å². The van der Waals surface area contributed by atoms with Crippen LogP contribution in [0.2, 0.25) is 0 Å². The Bertz CT molecular complexity index is 440. The van der Waals surface area contributed by atoms with Crippen molar-refractivity contribution in [1.82, 2.24) is 0 Å². The number of nitrogens with two attached hydrogens (primary N) is 1. The van der Waals surface area contributed by atoms with Crippen LogP contribution >= 0.6 is 0 Å². The van der Waals surface area contributed by atoms with Crippen molar-refractivity contribution in [2.75, 3.05) is 0 Å². The Kier molecular flexibility index (Phi) is 2.40. The number of rotatable bonds is 1. The van der Waals surface area contributed by atoms with Crippen LogP contribution in [0.5, 0.6) is 0 Å². The van der Waals surface area contributed by atoms with Gasteiger partial charge in [0.2, 0.25) is 10.0 Å². The third kappa shape index (κ3) is 2.05.